The van der Waals surface area contributed by atoms with Gasteiger partial charge in [-0.1, -0.05) is 64.7 Å². The van der Waals surface area contributed by atoms with E-state index in [0.29, 0.717) is 11.8 Å². The van der Waals surface area contributed by atoms with Crippen molar-refractivity contribution in [3.8, 4) is 0 Å². The number of rotatable bonds is 14. The summed E-state index contributed by atoms with van der Waals surface area (Å²) in [6.45, 7) is 2.22. The van der Waals surface area contributed by atoms with Crippen molar-refractivity contribution in [1.82, 2.24) is 0 Å². The SMILES string of the molecule is CCCCC(Cl)CCCCCCCCCCC(=O)OC. The van der Waals surface area contributed by atoms with Crippen LogP contribution in [0.5, 0.6) is 0 Å². The molecular formula is C17H33ClO2. The molecule has 0 aromatic carbocycles. The molecule has 0 aliphatic carbocycles. The van der Waals surface area contributed by atoms with Crippen molar-refractivity contribution >= 4 is 17.6 Å². The lowest BCUT2D eigenvalue weighted by Gasteiger charge is -2.08. The molecule has 0 amide bonds. The maximum atomic E-state index is 10.9. The van der Waals surface area contributed by atoms with Gasteiger partial charge in [-0.15, -0.1) is 11.6 Å². The molecule has 0 aromatic rings. The molecule has 0 fully saturated rings. The second-order valence-corrected chi connectivity index (χ2v) is 6.30. The molecule has 120 valence electrons. The molecule has 0 saturated heterocycles. The first-order valence-corrected chi connectivity index (χ1v) is 8.85. The Balaban J connectivity index is 3.11. The minimum atomic E-state index is -0.0799. The van der Waals surface area contributed by atoms with Crippen LogP contribution in [0.4, 0.5) is 0 Å². The molecule has 0 aromatic heterocycles. The van der Waals surface area contributed by atoms with Gasteiger partial charge in [-0.3, -0.25) is 4.79 Å². The van der Waals surface area contributed by atoms with E-state index in [1.807, 2.05) is 0 Å². The van der Waals surface area contributed by atoms with E-state index < -0.39 is 0 Å². The Labute approximate surface area is 130 Å². The average molecular weight is 305 g/mol. The lowest BCUT2D eigenvalue weighted by molar-refractivity contribution is -0.140. The van der Waals surface area contributed by atoms with E-state index in [1.54, 1.807) is 0 Å². The predicted octanol–water partition coefficient (Wildman–Crippen LogP) is 5.86. The first-order valence-electron chi connectivity index (χ1n) is 8.41. The maximum Gasteiger partial charge on any atom is 0.305 e. The Morgan fingerprint density at radius 1 is 0.900 bits per heavy atom. The molecule has 2 nitrogen and oxygen atoms in total. The van der Waals surface area contributed by atoms with Crippen molar-refractivity contribution in [1.29, 1.82) is 0 Å². The molecular weight excluding hydrogens is 272 g/mol. The van der Waals surface area contributed by atoms with Crippen LogP contribution >= 0.6 is 11.6 Å². The summed E-state index contributed by atoms with van der Waals surface area (Å²) in [6, 6.07) is 0. The summed E-state index contributed by atoms with van der Waals surface area (Å²) >= 11 is 6.26. The van der Waals surface area contributed by atoms with Gasteiger partial charge < -0.3 is 4.74 Å². The van der Waals surface area contributed by atoms with Gasteiger partial charge >= 0.3 is 5.97 Å². The van der Waals surface area contributed by atoms with Crippen LogP contribution in [0.2, 0.25) is 0 Å². The number of alkyl halides is 1. The molecule has 0 aliphatic heterocycles. The van der Waals surface area contributed by atoms with E-state index in [4.69, 9.17) is 11.6 Å². The third-order valence-electron chi connectivity index (χ3n) is 3.75. The van der Waals surface area contributed by atoms with Gasteiger partial charge in [-0.2, -0.15) is 0 Å². The second-order valence-electron chi connectivity index (χ2n) is 5.68. The Hall–Kier alpha value is -0.240. The number of hydrogen-bond donors (Lipinski definition) is 0. The molecule has 0 heterocycles. The van der Waals surface area contributed by atoms with Gasteiger partial charge in [0.15, 0.2) is 0 Å². The topological polar surface area (TPSA) is 26.3 Å². The Kier molecular flexibility index (Phi) is 15.0. The molecule has 0 saturated carbocycles. The number of hydrogen-bond acceptors (Lipinski definition) is 2. The highest BCUT2D eigenvalue weighted by atomic mass is 35.5. The number of methoxy groups -OCH3 is 1. The molecule has 0 radical (unpaired) electrons. The van der Waals surface area contributed by atoms with Gasteiger partial charge in [-0.05, 0) is 19.3 Å². The first-order chi connectivity index (χ1) is 9.70. The zero-order valence-corrected chi connectivity index (χ0v) is 14.2. The summed E-state index contributed by atoms with van der Waals surface area (Å²) < 4.78 is 4.62. The zero-order valence-electron chi connectivity index (χ0n) is 13.5. The Morgan fingerprint density at radius 2 is 1.40 bits per heavy atom. The number of esters is 1. The molecule has 0 spiro atoms. The monoisotopic (exact) mass is 304 g/mol. The summed E-state index contributed by atoms with van der Waals surface area (Å²) in [5.41, 5.74) is 0. The zero-order chi connectivity index (χ0) is 15.1. The summed E-state index contributed by atoms with van der Waals surface area (Å²) in [5, 5.41) is 0.397. The molecule has 20 heavy (non-hydrogen) atoms. The lowest BCUT2D eigenvalue weighted by atomic mass is 10.0. The van der Waals surface area contributed by atoms with Crippen molar-refractivity contribution in [2.24, 2.45) is 0 Å². The number of carbonyl (C=O) groups excluding carboxylic acids is 1. The maximum absolute atomic E-state index is 10.9. The smallest absolute Gasteiger partial charge is 0.305 e. The van der Waals surface area contributed by atoms with Crippen LogP contribution in [0.3, 0.4) is 0 Å². The van der Waals surface area contributed by atoms with Crippen LogP contribution in [0.1, 0.15) is 90.4 Å². The number of halogens is 1. The molecule has 1 atom stereocenters. The predicted molar refractivity (Wildman–Crippen MR) is 87.4 cm³/mol. The van der Waals surface area contributed by atoms with Gasteiger partial charge in [0.2, 0.25) is 0 Å². The molecule has 0 rings (SSSR count). The quantitative estimate of drug-likeness (QED) is 0.228. The summed E-state index contributed by atoms with van der Waals surface area (Å²) in [4.78, 5) is 10.9. The van der Waals surface area contributed by atoms with Gasteiger partial charge in [0, 0.05) is 11.8 Å². The van der Waals surface area contributed by atoms with Crippen molar-refractivity contribution in [3.63, 3.8) is 0 Å². The second kappa shape index (κ2) is 15.2. The number of unbranched alkanes of at least 4 members (excludes halogenated alkanes) is 8. The molecule has 0 bridgehead atoms. The standard InChI is InChI=1S/C17H33ClO2/c1-3-4-13-16(18)14-11-9-7-5-6-8-10-12-15-17(19)20-2/h16H,3-15H2,1-2H3. The van der Waals surface area contributed by atoms with Crippen LogP contribution in [0, 0.1) is 0 Å². The molecule has 1 unspecified atom stereocenters. The van der Waals surface area contributed by atoms with Crippen molar-refractivity contribution in [3.05, 3.63) is 0 Å². The van der Waals surface area contributed by atoms with Crippen molar-refractivity contribution < 1.29 is 9.53 Å². The van der Waals surface area contributed by atoms with E-state index in [1.165, 1.54) is 71.3 Å². The van der Waals surface area contributed by atoms with E-state index in [-0.39, 0.29) is 5.97 Å². The van der Waals surface area contributed by atoms with Crippen LogP contribution in [0.15, 0.2) is 0 Å². The highest BCUT2D eigenvalue weighted by Gasteiger charge is 2.03. The molecule has 0 aliphatic rings. The number of ether oxygens (including phenoxy) is 1. The highest BCUT2D eigenvalue weighted by Crippen LogP contribution is 2.17. The van der Waals surface area contributed by atoms with Gasteiger partial charge in [0.05, 0.1) is 7.11 Å². The minimum Gasteiger partial charge on any atom is -0.469 e. The largest absolute Gasteiger partial charge is 0.469 e. The van der Waals surface area contributed by atoms with E-state index in [9.17, 15) is 4.79 Å². The van der Waals surface area contributed by atoms with Crippen LogP contribution in [0.25, 0.3) is 0 Å². The van der Waals surface area contributed by atoms with Crippen molar-refractivity contribution in [2.45, 2.75) is 95.8 Å². The third kappa shape index (κ3) is 14.2. The summed E-state index contributed by atoms with van der Waals surface area (Å²) in [7, 11) is 1.45. The van der Waals surface area contributed by atoms with E-state index in [2.05, 4.69) is 11.7 Å². The van der Waals surface area contributed by atoms with Crippen molar-refractivity contribution in [2.75, 3.05) is 7.11 Å². The fourth-order valence-corrected chi connectivity index (χ4v) is 2.68. The average Bonchev–Trinajstić information content (AvgIpc) is 2.46. The fourth-order valence-electron chi connectivity index (χ4n) is 2.37. The third-order valence-corrected chi connectivity index (χ3v) is 4.18. The number of carbonyl (C=O) groups is 1. The molecule has 0 N–H and O–H groups in total. The van der Waals surface area contributed by atoms with Gasteiger partial charge in [-0.25, -0.2) is 0 Å². The minimum absolute atomic E-state index is 0.0799. The summed E-state index contributed by atoms with van der Waals surface area (Å²) in [6.07, 6.45) is 15.3. The molecule has 3 heteroatoms. The van der Waals surface area contributed by atoms with Gasteiger partial charge in [0.25, 0.3) is 0 Å². The lowest BCUT2D eigenvalue weighted by Crippen LogP contribution is -1.99. The Bertz CT molecular complexity index is 219. The summed E-state index contributed by atoms with van der Waals surface area (Å²) in [5.74, 6) is -0.0799. The van der Waals surface area contributed by atoms with Gasteiger partial charge in [0.1, 0.15) is 0 Å². The highest BCUT2D eigenvalue weighted by molar-refractivity contribution is 6.20. The van der Waals surface area contributed by atoms with E-state index in [0.717, 1.165) is 12.8 Å². The first kappa shape index (κ1) is 19.8. The van der Waals surface area contributed by atoms with Crippen LogP contribution in [-0.2, 0) is 9.53 Å². The van der Waals surface area contributed by atoms with E-state index >= 15 is 0 Å². The van der Waals surface area contributed by atoms with Crippen LogP contribution in [-0.4, -0.2) is 18.5 Å². The Morgan fingerprint density at radius 3 is 1.95 bits per heavy atom. The fraction of sp³-hybridized carbons (Fsp3) is 0.941. The van der Waals surface area contributed by atoms with Crippen LogP contribution < -0.4 is 0 Å². The normalized spacial score (nSPS) is 12.3.